The third-order valence-electron chi connectivity index (χ3n) is 10.5. The van der Waals surface area contributed by atoms with E-state index in [9.17, 15) is 9.59 Å². The maximum Gasteiger partial charge on any atom is 0.137 e. The molecule has 0 unspecified atom stereocenters. The van der Waals surface area contributed by atoms with Crippen molar-refractivity contribution in [1.29, 1.82) is 0 Å². The van der Waals surface area contributed by atoms with Gasteiger partial charge in [0.15, 0.2) is 0 Å². The summed E-state index contributed by atoms with van der Waals surface area (Å²) in [5.74, 6) is 3.10. The Morgan fingerprint density at radius 1 is 1.00 bits per heavy atom. The van der Waals surface area contributed by atoms with E-state index in [1.807, 2.05) is 0 Å². The van der Waals surface area contributed by atoms with Gasteiger partial charge in [0.05, 0.1) is 0 Å². The largest absolute Gasteiger partial charge is 0.300 e. The first kappa shape index (κ1) is 19.3. The van der Waals surface area contributed by atoms with E-state index in [-0.39, 0.29) is 22.7 Å². The molecule has 4 saturated carbocycles. The van der Waals surface area contributed by atoms with Gasteiger partial charge in [-0.3, -0.25) is 9.59 Å². The molecule has 0 bridgehead atoms. The molecule has 5 aliphatic rings. The third kappa shape index (κ3) is 2.63. The lowest BCUT2D eigenvalue weighted by molar-refractivity contribution is -0.160. The number of Topliss-reactive ketones (excluding diaryl/α,β-unsaturated/α-hetero) is 2. The van der Waals surface area contributed by atoms with Crippen molar-refractivity contribution in [3.05, 3.63) is 0 Å². The van der Waals surface area contributed by atoms with Crippen LogP contribution in [0.5, 0.6) is 0 Å². The highest BCUT2D eigenvalue weighted by Gasteiger charge is 2.63. The van der Waals surface area contributed by atoms with Crippen LogP contribution in [0.3, 0.4) is 0 Å². The first-order valence-electron chi connectivity index (χ1n) is 12.1. The Bertz CT molecular complexity index is 667. The zero-order valence-corrected chi connectivity index (χ0v) is 18.2. The van der Waals surface area contributed by atoms with Gasteiger partial charge in [0.25, 0.3) is 0 Å². The van der Waals surface area contributed by atoms with Gasteiger partial charge in [0.1, 0.15) is 11.6 Å². The van der Waals surface area contributed by atoms with E-state index in [1.54, 1.807) is 6.92 Å². The summed E-state index contributed by atoms with van der Waals surface area (Å²) in [6.45, 7) is 9.11. The average molecular weight is 386 g/mol. The predicted octanol–water partition coefficient (Wildman–Crippen LogP) is 4.88. The van der Waals surface area contributed by atoms with E-state index < -0.39 is 0 Å². The molecule has 0 aromatic heterocycles. The molecule has 0 N–H and O–H groups in total. The zero-order valence-electron chi connectivity index (χ0n) is 18.2. The van der Waals surface area contributed by atoms with Gasteiger partial charge in [-0.05, 0) is 106 Å². The average Bonchev–Trinajstić information content (AvgIpc) is 3.27. The summed E-state index contributed by atoms with van der Waals surface area (Å²) in [6, 6.07) is 0.773. The Kier molecular flexibility index (Phi) is 4.58. The molecule has 0 spiro atoms. The summed E-state index contributed by atoms with van der Waals surface area (Å²) in [4.78, 5) is 28.7. The summed E-state index contributed by atoms with van der Waals surface area (Å²) in [5.41, 5.74) is 0.159. The van der Waals surface area contributed by atoms with Crippen LogP contribution in [0.15, 0.2) is 0 Å². The van der Waals surface area contributed by atoms with Crippen LogP contribution >= 0.6 is 0 Å². The summed E-state index contributed by atoms with van der Waals surface area (Å²) in [6.07, 6.45) is 12.0. The Hall–Kier alpha value is -0.700. The summed E-state index contributed by atoms with van der Waals surface area (Å²) < 4.78 is 0. The van der Waals surface area contributed by atoms with E-state index in [4.69, 9.17) is 0 Å². The number of fused-ring (bicyclic) bond motifs is 5. The fraction of sp³-hybridized carbons (Fsp3) is 0.920. The van der Waals surface area contributed by atoms with E-state index in [1.165, 1.54) is 64.5 Å². The van der Waals surface area contributed by atoms with Gasteiger partial charge in [0, 0.05) is 24.3 Å². The molecular weight excluding hydrogens is 346 g/mol. The standard InChI is InChI=1S/C25H39NO2/c1-16(27)20-8-9-21-19-7-6-17-14-18(26-12-4-5-13-26)10-11-24(17,2)23(19)22(28)15-25(20,21)3/h17-21,23H,4-15H2,1-3H3/t17-,18+,19-,20+,21-,23+,24-,25+/m0/s1. The molecule has 0 aromatic carbocycles. The van der Waals surface area contributed by atoms with E-state index >= 15 is 0 Å². The first-order valence-corrected chi connectivity index (χ1v) is 12.1. The Morgan fingerprint density at radius 3 is 2.46 bits per heavy atom. The molecule has 8 atom stereocenters. The van der Waals surface area contributed by atoms with Crippen molar-refractivity contribution in [1.82, 2.24) is 4.90 Å². The number of carbonyl (C=O) groups excluding carboxylic acids is 2. The molecule has 0 amide bonds. The molecule has 3 heteroatoms. The second-order valence-electron chi connectivity index (χ2n) is 11.6. The van der Waals surface area contributed by atoms with Crippen LogP contribution in [0.1, 0.15) is 85.0 Å². The van der Waals surface area contributed by atoms with Crippen LogP contribution in [-0.4, -0.2) is 35.6 Å². The van der Waals surface area contributed by atoms with Crippen LogP contribution in [0.25, 0.3) is 0 Å². The monoisotopic (exact) mass is 385 g/mol. The summed E-state index contributed by atoms with van der Waals surface area (Å²) >= 11 is 0. The van der Waals surface area contributed by atoms with Crippen LogP contribution in [0, 0.1) is 40.4 Å². The fourth-order valence-electron chi connectivity index (χ4n) is 9.16. The van der Waals surface area contributed by atoms with E-state index in [2.05, 4.69) is 18.7 Å². The molecule has 156 valence electrons. The smallest absolute Gasteiger partial charge is 0.137 e. The first-order chi connectivity index (χ1) is 13.3. The Balaban J connectivity index is 1.40. The molecule has 1 heterocycles. The molecule has 5 rings (SSSR count). The van der Waals surface area contributed by atoms with Gasteiger partial charge < -0.3 is 4.90 Å². The molecule has 28 heavy (non-hydrogen) atoms. The number of rotatable bonds is 2. The second kappa shape index (κ2) is 6.65. The minimum atomic E-state index is -0.0555. The molecule has 0 aromatic rings. The van der Waals surface area contributed by atoms with Gasteiger partial charge in [0.2, 0.25) is 0 Å². The highest BCUT2D eigenvalue weighted by atomic mass is 16.1. The van der Waals surface area contributed by atoms with Crippen LogP contribution in [0.2, 0.25) is 0 Å². The van der Waals surface area contributed by atoms with Crippen LogP contribution in [0.4, 0.5) is 0 Å². The normalized spacial score (nSPS) is 51.5. The highest BCUT2D eigenvalue weighted by Crippen LogP contribution is 2.66. The SMILES string of the molecule is CC(=O)[C@H]1CC[C@H]2[C@@H]3CC[C@H]4C[C@H](N5CCCC5)CC[C@]4(C)[C@H]3C(=O)C[C@]12C. The van der Waals surface area contributed by atoms with Crippen molar-refractivity contribution < 1.29 is 9.59 Å². The van der Waals surface area contributed by atoms with Gasteiger partial charge in [-0.2, -0.15) is 0 Å². The molecule has 4 aliphatic carbocycles. The molecular formula is C25H39NO2. The van der Waals surface area contributed by atoms with Gasteiger partial charge in [-0.15, -0.1) is 0 Å². The minimum Gasteiger partial charge on any atom is -0.300 e. The number of hydrogen-bond donors (Lipinski definition) is 0. The van der Waals surface area contributed by atoms with Gasteiger partial charge >= 0.3 is 0 Å². The second-order valence-corrected chi connectivity index (χ2v) is 11.6. The van der Waals surface area contributed by atoms with Gasteiger partial charge in [-0.25, -0.2) is 0 Å². The fourth-order valence-corrected chi connectivity index (χ4v) is 9.16. The summed E-state index contributed by atoms with van der Waals surface area (Å²) in [5, 5.41) is 0. The molecule has 1 aliphatic heterocycles. The number of ketones is 2. The molecule has 0 radical (unpaired) electrons. The lowest BCUT2D eigenvalue weighted by Crippen LogP contribution is -2.58. The zero-order chi connectivity index (χ0) is 19.7. The van der Waals surface area contributed by atoms with Crippen LogP contribution in [-0.2, 0) is 9.59 Å². The van der Waals surface area contributed by atoms with Crippen molar-refractivity contribution >= 4 is 11.6 Å². The maximum absolute atomic E-state index is 13.6. The molecule has 5 fully saturated rings. The van der Waals surface area contributed by atoms with Crippen LogP contribution < -0.4 is 0 Å². The number of carbonyl (C=O) groups is 2. The predicted molar refractivity (Wildman–Crippen MR) is 111 cm³/mol. The molecule has 3 nitrogen and oxygen atoms in total. The Morgan fingerprint density at radius 2 is 1.75 bits per heavy atom. The Labute approximate surface area is 171 Å². The number of hydrogen-bond acceptors (Lipinski definition) is 3. The molecule has 1 saturated heterocycles. The lowest BCUT2D eigenvalue weighted by atomic mass is 9.44. The third-order valence-corrected chi connectivity index (χ3v) is 10.5. The van der Waals surface area contributed by atoms with Crippen molar-refractivity contribution in [3.8, 4) is 0 Å². The maximum atomic E-state index is 13.6. The quantitative estimate of drug-likeness (QED) is 0.680. The van der Waals surface area contributed by atoms with E-state index in [0.717, 1.165) is 18.4 Å². The van der Waals surface area contributed by atoms with Gasteiger partial charge in [-0.1, -0.05) is 13.8 Å². The topological polar surface area (TPSA) is 37.4 Å². The lowest BCUT2D eigenvalue weighted by Gasteiger charge is -2.60. The van der Waals surface area contributed by atoms with Crippen molar-refractivity contribution in [2.24, 2.45) is 40.4 Å². The summed E-state index contributed by atoms with van der Waals surface area (Å²) in [7, 11) is 0. The highest BCUT2D eigenvalue weighted by molar-refractivity contribution is 5.87. The minimum absolute atomic E-state index is 0.0555. The number of nitrogens with zero attached hydrogens (tertiary/aromatic N) is 1. The number of likely N-dealkylation sites (tertiary alicyclic amines) is 1. The van der Waals surface area contributed by atoms with Crippen molar-refractivity contribution in [3.63, 3.8) is 0 Å². The van der Waals surface area contributed by atoms with Crippen molar-refractivity contribution in [2.75, 3.05) is 13.1 Å². The van der Waals surface area contributed by atoms with E-state index in [0.29, 0.717) is 29.8 Å². The van der Waals surface area contributed by atoms with Crippen molar-refractivity contribution in [2.45, 2.75) is 91.0 Å².